The van der Waals surface area contributed by atoms with Gasteiger partial charge in [0.2, 0.25) is 0 Å². The van der Waals surface area contributed by atoms with Crippen molar-refractivity contribution in [3.63, 3.8) is 0 Å². The smallest absolute Gasteiger partial charge is 0.404 e. The number of amides is 1. The number of nitrogens with zero attached hydrogens (tertiary/aromatic N) is 3. The standard InChI is InChI=1S/C32H37F2N7O2/c1-18(2)28(40-32(42)43)17-41-12-4-6-29(41)31-37-16-27(39-31)22-10-8-20(14-24(22)34)19-7-9-21(23(33)13-19)26-15-36-30(38-26)25-5-3-11-35-25/h7-10,13-16,18,25,28-29,35,40H,3-6,11-12,17H2,1-2H3,(H,36,38)(H,37,39)(H,42,43)/t25-,28+,29-/m0/s1. The average molecular weight is 590 g/mol. The van der Waals surface area contributed by atoms with Crippen molar-refractivity contribution in [1.29, 1.82) is 0 Å². The third kappa shape index (κ3) is 6.18. The Kier molecular flexibility index (Phi) is 8.27. The Morgan fingerprint density at radius 3 is 2.16 bits per heavy atom. The Hall–Kier alpha value is -4.09. The molecule has 0 aliphatic carbocycles. The van der Waals surface area contributed by atoms with Crippen LogP contribution in [0.3, 0.4) is 0 Å². The summed E-state index contributed by atoms with van der Waals surface area (Å²) in [7, 11) is 0. The van der Waals surface area contributed by atoms with Gasteiger partial charge in [0, 0.05) is 23.7 Å². The largest absolute Gasteiger partial charge is 0.465 e. The van der Waals surface area contributed by atoms with Gasteiger partial charge in [0.05, 0.1) is 35.9 Å². The quantitative estimate of drug-likeness (QED) is 0.157. The van der Waals surface area contributed by atoms with E-state index in [1.54, 1.807) is 36.7 Å². The SMILES string of the molecule is CC(C)[C@@H](CN1CCC[C@H]1c1ncc(-c2ccc(-c3ccc(-c4cnc([C@@H]5CCCN5)[nH]4)c(F)c3)cc2F)[nH]1)NC(=O)O. The fourth-order valence-corrected chi connectivity index (χ4v) is 6.23. The van der Waals surface area contributed by atoms with Crippen LogP contribution in [0.4, 0.5) is 13.6 Å². The van der Waals surface area contributed by atoms with E-state index in [1.165, 1.54) is 12.1 Å². The number of likely N-dealkylation sites (tertiary alicyclic amines) is 1. The van der Waals surface area contributed by atoms with Gasteiger partial charge in [-0.1, -0.05) is 26.0 Å². The molecule has 2 aromatic carbocycles. The number of hydrogen-bond acceptors (Lipinski definition) is 5. The van der Waals surface area contributed by atoms with Crippen LogP contribution in [-0.2, 0) is 0 Å². The summed E-state index contributed by atoms with van der Waals surface area (Å²) < 4.78 is 30.6. The Balaban J connectivity index is 1.17. The van der Waals surface area contributed by atoms with Crippen LogP contribution < -0.4 is 10.6 Å². The molecule has 2 aliphatic heterocycles. The first kappa shape index (κ1) is 29.0. The molecule has 226 valence electrons. The molecule has 43 heavy (non-hydrogen) atoms. The van der Waals surface area contributed by atoms with Crippen molar-refractivity contribution >= 4 is 6.09 Å². The minimum absolute atomic E-state index is 0.00482. The maximum Gasteiger partial charge on any atom is 0.404 e. The number of aromatic amines is 2. The normalized spacial score (nSPS) is 19.7. The average Bonchev–Trinajstić information content (AvgIpc) is 3.79. The highest BCUT2D eigenvalue weighted by Crippen LogP contribution is 2.34. The number of nitrogens with one attached hydrogen (secondary N) is 4. The molecule has 0 saturated carbocycles. The second-order valence-corrected chi connectivity index (χ2v) is 11.9. The molecule has 2 aromatic heterocycles. The van der Waals surface area contributed by atoms with Crippen LogP contribution in [-0.4, -0.2) is 61.7 Å². The van der Waals surface area contributed by atoms with E-state index in [0.29, 0.717) is 40.2 Å². The van der Waals surface area contributed by atoms with Gasteiger partial charge in [-0.15, -0.1) is 0 Å². The third-order valence-electron chi connectivity index (χ3n) is 8.66. The van der Waals surface area contributed by atoms with Gasteiger partial charge in [0.25, 0.3) is 0 Å². The lowest BCUT2D eigenvalue weighted by atomic mass is 10.00. The molecular weight excluding hydrogens is 552 g/mol. The van der Waals surface area contributed by atoms with Crippen LogP contribution in [0, 0.1) is 17.6 Å². The van der Waals surface area contributed by atoms with E-state index < -0.39 is 17.7 Å². The molecule has 3 atom stereocenters. The van der Waals surface area contributed by atoms with E-state index in [2.05, 4.69) is 35.5 Å². The summed E-state index contributed by atoms with van der Waals surface area (Å²) in [5.41, 5.74) is 3.11. The molecular formula is C32H37F2N7O2. The Labute approximate surface area is 249 Å². The van der Waals surface area contributed by atoms with Gasteiger partial charge < -0.3 is 25.7 Å². The predicted molar refractivity (Wildman–Crippen MR) is 160 cm³/mol. The summed E-state index contributed by atoms with van der Waals surface area (Å²) in [4.78, 5) is 29.1. The summed E-state index contributed by atoms with van der Waals surface area (Å²) >= 11 is 0. The van der Waals surface area contributed by atoms with E-state index >= 15 is 8.78 Å². The fraction of sp³-hybridized carbons (Fsp3) is 0.406. The minimum Gasteiger partial charge on any atom is -0.465 e. The van der Waals surface area contributed by atoms with E-state index in [1.807, 2.05) is 13.8 Å². The number of benzene rings is 2. The van der Waals surface area contributed by atoms with Crippen molar-refractivity contribution in [2.45, 2.75) is 57.7 Å². The summed E-state index contributed by atoms with van der Waals surface area (Å²) in [6, 6.07) is 9.73. The zero-order valence-corrected chi connectivity index (χ0v) is 24.3. The molecule has 0 unspecified atom stereocenters. The number of halogens is 2. The van der Waals surface area contributed by atoms with Crippen molar-refractivity contribution in [3.05, 3.63) is 72.1 Å². The zero-order valence-electron chi connectivity index (χ0n) is 24.3. The summed E-state index contributed by atoms with van der Waals surface area (Å²) in [6.45, 7) is 6.35. The summed E-state index contributed by atoms with van der Waals surface area (Å²) in [5.74, 6) is 0.838. The number of carbonyl (C=O) groups is 1. The molecule has 9 nitrogen and oxygen atoms in total. The molecule has 2 aliphatic rings. The number of rotatable bonds is 9. The lowest BCUT2D eigenvalue weighted by Gasteiger charge is -2.30. The van der Waals surface area contributed by atoms with Crippen LogP contribution >= 0.6 is 0 Å². The molecule has 2 saturated heterocycles. The van der Waals surface area contributed by atoms with Crippen molar-refractivity contribution in [3.8, 4) is 33.6 Å². The summed E-state index contributed by atoms with van der Waals surface area (Å²) in [6.07, 6.45) is 6.19. The molecule has 6 rings (SSSR count). The van der Waals surface area contributed by atoms with Gasteiger partial charge in [-0.25, -0.2) is 23.5 Å². The van der Waals surface area contributed by atoms with Gasteiger partial charge in [-0.3, -0.25) is 4.90 Å². The van der Waals surface area contributed by atoms with Crippen LogP contribution in [0.25, 0.3) is 33.6 Å². The monoisotopic (exact) mass is 589 g/mol. The third-order valence-corrected chi connectivity index (χ3v) is 8.66. The first-order valence-electron chi connectivity index (χ1n) is 14.9. The lowest BCUT2D eigenvalue weighted by molar-refractivity contribution is 0.166. The Bertz CT molecular complexity index is 1590. The van der Waals surface area contributed by atoms with Crippen LogP contribution in [0.5, 0.6) is 0 Å². The highest BCUT2D eigenvalue weighted by atomic mass is 19.1. The molecule has 0 bridgehead atoms. The number of hydrogen-bond donors (Lipinski definition) is 5. The van der Waals surface area contributed by atoms with E-state index in [0.717, 1.165) is 50.4 Å². The van der Waals surface area contributed by atoms with Crippen molar-refractivity contribution < 1.29 is 18.7 Å². The molecule has 1 amide bonds. The fourth-order valence-electron chi connectivity index (χ4n) is 6.23. The molecule has 0 spiro atoms. The van der Waals surface area contributed by atoms with Crippen molar-refractivity contribution in [1.82, 2.24) is 35.5 Å². The molecule has 0 radical (unpaired) electrons. The highest BCUT2D eigenvalue weighted by Gasteiger charge is 2.31. The minimum atomic E-state index is -1.03. The van der Waals surface area contributed by atoms with Crippen molar-refractivity contribution in [2.24, 2.45) is 5.92 Å². The van der Waals surface area contributed by atoms with E-state index in [9.17, 15) is 9.90 Å². The number of imidazole rings is 2. The van der Waals surface area contributed by atoms with Crippen LogP contribution in [0.2, 0.25) is 0 Å². The van der Waals surface area contributed by atoms with Crippen LogP contribution in [0.15, 0.2) is 48.8 Å². The Morgan fingerprint density at radius 1 is 0.977 bits per heavy atom. The summed E-state index contributed by atoms with van der Waals surface area (Å²) in [5, 5.41) is 15.2. The number of aromatic nitrogens is 4. The zero-order chi connectivity index (χ0) is 30.1. The predicted octanol–water partition coefficient (Wildman–Crippen LogP) is 6.27. The topological polar surface area (TPSA) is 122 Å². The lowest BCUT2D eigenvalue weighted by Crippen LogP contribution is -2.46. The van der Waals surface area contributed by atoms with Crippen molar-refractivity contribution in [2.75, 3.05) is 19.6 Å². The number of carboxylic acid groups (broad SMARTS) is 1. The maximum atomic E-state index is 15.4. The van der Waals surface area contributed by atoms with Gasteiger partial charge in [0.15, 0.2) is 0 Å². The second-order valence-electron chi connectivity index (χ2n) is 11.9. The van der Waals surface area contributed by atoms with Gasteiger partial charge in [0.1, 0.15) is 23.3 Å². The molecule has 2 fully saturated rings. The Morgan fingerprint density at radius 2 is 1.60 bits per heavy atom. The van der Waals surface area contributed by atoms with Gasteiger partial charge >= 0.3 is 6.09 Å². The van der Waals surface area contributed by atoms with Gasteiger partial charge in [-0.2, -0.15) is 0 Å². The highest BCUT2D eigenvalue weighted by molar-refractivity contribution is 5.72. The maximum absolute atomic E-state index is 15.4. The first-order valence-corrected chi connectivity index (χ1v) is 14.9. The van der Waals surface area contributed by atoms with E-state index in [-0.39, 0.29) is 24.0 Å². The molecule has 4 heterocycles. The van der Waals surface area contributed by atoms with E-state index in [4.69, 9.17) is 0 Å². The van der Waals surface area contributed by atoms with Gasteiger partial charge in [-0.05, 0) is 80.1 Å². The second kappa shape index (κ2) is 12.3. The number of H-pyrrole nitrogens is 2. The molecule has 4 aromatic rings. The first-order chi connectivity index (χ1) is 20.8. The molecule has 5 N–H and O–H groups in total. The van der Waals surface area contributed by atoms with Crippen LogP contribution in [0.1, 0.15) is 63.3 Å². The molecule has 11 heteroatoms.